The van der Waals surface area contributed by atoms with Crippen LogP contribution in [0.4, 0.5) is 5.69 Å². The minimum atomic E-state index is -0.298. The van der Waals surface area contributed by atoms with Crippen molar-refractivity contribution in [1.82, 2.24) is 14.5 Å². The Balaban J connectivity index is 1.45. The van der Waals surface area contributed by atoms with Crippen LogP contribution >= 0.6 is 0 Å². The van der Waals surface area contributed by atoms with E-state index in [0.717, 1.165) is 17.5 Å². The molecule has 0 unspecified atom stereocenters. The number of amides is 1. The van der Waals surface area contributed by atoms with Gasteiger partial charge < -0.3 is 9.73 Å². The van der Waals surface area contributed by atoms with Crippen molar-refractivity contribution in [3.05, 3.63) is 87.9 Å². The Labute approximate surface area is 167 Å². The number of carbonyl (C=O) groups excluding carboxylic acids is 1. The number of rotatable bonds is 5. The standard InChI is InChI=1S/C22H20N4O3/c1-14-15(2)29-21-20(14)22(28)26(13-24-21)12-19(27)25-18-5-3-16(4-6-18)11-17-7-9-23-10-8-17/h3-10,13H,11-12H2,1-2H3,(H,25,27). The van der Waals surface area contributed by atoms with E-state index in [1.54, 1.807) is 19.3 Å². The fraction of sp³-hybridized carbons (Fsp3) is 0.182. The first-order valence-electron chi connectivity index (χ1n) is 9.24. The third-order valence-corrected chi connectivity index (χ3v) is 4.87. The first-order valence-corrected chi connectivity index (χ1v) is 9.24. The van der Waals surface area contributed by atoms with Gasteiger partial charge in [0.2, 0.25) is 11.6 Å². The molecule has 1 amide bonds. The van der Waals surface area contributed by atoms with E-state index in [0.29, 0.717) is 22.5 Å². The monoisotopic (exact) mass is 388 g/mol. The zero-order valence-electron chi connectivity index (χ0n) is 16.2. The minimum Gasteiger partial charge on any atom is -0.443 e. The van der Waals surface area contributed by atoms with Gasteiger partial charge in [0.25, 0.3) is 5.56 Å². The molecule has 1 N–H and O–H groups in total. The molecule has 0 spiro atoms. The van der Waals surface area contributed by atoms with Gasteiger partial charge in [0.15, 0.2) is 0 Å². The van der Waals surface area contributed by atoms with E-state index in [9.17, 15) is 9.59 Å². The summed E-state index contributed by atoms with van der Waals surface area (Å²) in [7, 11) is 0. The number of benzene rings is 1. The Morgan fingerprint density at radius 1 is 1.07 bits per heavy atom. The molecule has 4 aromatic rings. The van der Waals surface area contributed by atoms with Crippen LogP contribution in [0.5, 0.6) is 0 Å². The van der Waals surface area contributed by atoms with Gasteiger partial charge in [-0.3, -0.25) is 19.1 Å². The predicted molar refractivity (Wildman–Crippen MR) is 110 cm³/mol. The lowest BCUT2D eigenvalue weighted by molar-refractivity contribution is -0.116. The molecular formula is C22H20N4O3. The number of carbonyl (C=O) groups is 1. The number of anilines is 1. The van der Waals surface area contributed by atoms with Crippen molar-refractivity contribution >= 4 is 22.7 Å². The molecule has 4 rings (SSSR count). The molecule has 7 heteroatoms. The summed E-state index contributed by atoms with van der Waals surface area (Å²) in [6.07, 6.45) is 5.67. The number of nitrogens with zero attached hydrogens (tertiary/aromatic N) is 3. The molecule has 29 heavy (non-hydrogen) atoms. The van der Waals surface area contributed by atoms with Crippen LogP contribution in [0.3, 0.4) is 0 Å². The number of aryl methyl sites for hydroxylation is 2. The van der Waals surface area contributed by atoms with Gasteiger partial charge in [0, 0.05) is 23.6 Å². The fourth-order valence-corrected chi connectivity index (χ4v) is 3.18. The Morgan fingerprint density at radius 2 is 1.76 bits per heavy atom. The van der Waals surface area contributed by atoms with Crippen molar-refractivity contribution in [3.8, 4) is 0 Å². The molecule has 146 valence electrons. The highest BCUT2D eigenvalue weighted by molar-refractivity contribution is 5.90. The smallest absolute Gasteiger partial charge is 0.265 e. The summed E-state index contributed by atoms with van der Waals surface area (Å²) in [5.41, 5.74) is 3.73. The van der Waals surface area contributed by atoms with E-state index in [1.807, 2.05) is 43.3 Å². The highest BCUT2D eigenvalue weighted by atomic mass is 16.3. The van der Waals surface area contributed by atoms with Crippen molar-refractivity contribution < 1.29 is 9.21 Å². The molecule has 0 atom stereocenters. The summed E-state index contributed by atoms with van der Waals surface area (Å²) in [6.45, 7) is 3.47. The topological polar surface area (TPSA) is 90.0 Å². The second kappa shape index (κ2) is 7.71. The molecule has 7 nitrogen and oxygen atoms in total. The molecule has 0 saturated carbocycles. The molecule has 0 aliphatic heterocycles. The second-order valence-electron chi connectivity index (χ2n) is 6.92. The maximum absolute atomic E-state index is 12.6. The number of nitrogens with one attached hydrogen (secondary N) is 1. The molecule has 0 saturated heterocycles. The van der Waals surface area contributed by atoms with Gasteiger partial charge in [-0.15, -0.1) is 0 Å². The van der Waals surface area contributed by atoms with Crippen molar-refractivity contribution in [1.29, 1.82) is 0 Å². The van der Waals surface area contributed by atoms with E-state index in [-0.39, 0.29) is 18.0 Å². The Kier molecular flexibility index (Phi) is 4.95. The number of hydrogen-bond donors (Lipinski definition) is 1. The van der Waals surface area contributed by atoms with E-state index >= 15 is 0 Å². The van der Waals surface area contributed by atoms with E-state index in [1.165, 1.54) is 16.5 Å². The van der Waals surface area contributed by atoms with Gasteiger partial charge in [0.05, 0.1) is 0 Å². The lowest BCUT2D eigenvalue weighted by Gasteiger charge is -2.08. The summed E-state index contributed by atoms with van der Waals surface area (Å²) >= 11 is 0. The largest absolute Gasteiger partial charge is 0.443 e. The van der Waals surface area contributed by atoms with Gasteiger partial charge in [-0.25, -0.2) is 4.98 Å². The molecular weight excluding hydrogens is 368 g/mol. The number of aromatic nitrogens is 3. The molecule has 0 radical (unpaired) electrons. The van der Waals surface area contributed by atoms with Crippen molar-refractivity contribution in [2.45, 2.75) is 26.8 Å². The average molecular weight is 388 g/mol. The van der Waals surface area contributed by atoms with Crippen molar-refractivity contribution in [3.63, 3.8) is 0 Å². The highest BCUT2D eigenvalue weighted by Crippen LogP contribution is 2.19. The van der Waals surface area contributed by atoms with Crippen LogP contribution in [0.2, 0.25) is 0 Å². The number of pyridine rings is 1. The average Bonchev–Trinajstić information content (AvgIpc) is 3.01. The van der Waals surface area contributed by atoms with E-state index in [4.69, 9.17) is 4.42 Å². The zero-order valence-corrected chi connectivity index (χ0v) is 16.2. The first kappa shape index (κ1) is 18.6. The summed E-state index contributed by atoms with van der Waals surface area (Å²) < 4.78 is 6.75. The van der Waals surface area contributed by atoms with Crippen LogP contribution in [0.25, 0.3) is 11.1 Å². The van der Waals surface area contributed by atoms with Crippen molar-refractivity contribution in [2.75, 3.05) is 5.32 Å². The predicted octanol–water partition coefficient (Wildman–Crippen LogP) is 3.23. The summed E-state index contributed by atoms with van der Waals surface area (Å²) in [4.78, 5) is 33.2. The fourth-order valence-electron chi connectivity index (χ4n) is 3.18. The summed E-state index contributed by atoms with van der Waals surface area (Å²) in [5.74, 6) is 0.353. The Bertz CT molecular complexity index is 1220. The molecule has 0 fully saturated rings. The number of fused-ring (bicyclic) bond motifs is 1. The zero-order chi connectivity index (χ0) is 20.4. The van der Waals surface area contributed by atoms with E-state index in [2.05, 4.69) is 15.3 Å². The van der Waals surface area contributed by atoms with Gasteiger partial charge in [-0.05, 0) is 55.7 Å². The van der Waals surface area contributed by atoms with Crippen LogP contribution in [-0.2, 0) is 17.8 Å². The third-order valence-electron chi connectivity index (χ3n) is 4.87. The molecule has 3 aromatic heterocycles. The number of hydrogen-bond acceptors (Lipinski definition) is 5. The normalized spacial score (nSPS) is 11.0. The molecule has 0 bridgehead atoms. The quantitative estimate of drug-likeness (QED) is 0.567. The molecule has 1 aromatic carbocycles. The van der Waals surface area contributed by atoms with Crippen LogP contribution in [0, 0.1) is 13.8 Å². The van der Waals surface area contributed by atoms with Gasteiger partial charge >= 0.3 is 0 Å². The lowest BCUT2D eigenvalue weighted by atomic mass is 10.1. The maximum atomic E-state index is 12.6. The van der Waals surface area contributed by atoms with Crippen LogP contribution < -0.4 is 10.9 Å². The lowest BCUT2D eigenvalue weighted by Crippen LogP contribution is -2.27. The number of furan rings is 1. The molecule has 0 aliphatic carbocycles. The molecule has 0 aliphatic rings. The SMILES string of the molecule is Cc1oc2ncn(CC(=O)Nc3ccc(Cc4ccncc4)cc3)c(=O)c2c1C. The third kappa shape index (κ3) is 3.94. The van der Waals surface area contributed by atoms with Gasteiger partial charge in [-0.1, -0.05) is 12.1 Å². The first-order chi connectivity index (χ1) is 14.0. The van der Waals surface area contributed by atoms with Gasteiger partial charge in [-0.2, -0.15) is 0 Å². The molecule has 3 heterocycles. The van der Waals surface area contributed by atoms with Crippen LogP contribution in [0.15, 0.2) is 64.3 Å². The second-order valence-corrected chi connectivity index (χ2v) is 6.92. The Hall–Kier alpha value is -3.74. The minimum absolute atomic E-state index is 0.121. The van der Waals surface area contributed by atoms with Crippen molar-refractivity contribution in [2.24, 2.45) is 0 Å². The highest BCUT2D eigenvalue weighted by Gasteiger charge is 2.15. The van der Waals surface area contributed by atoms with Crippen LogP contribution in [-0.4, -0.2) is 20.4 Å². The summed E-state index contributed by atoms with van der Waals surface area (Å²) in [6, 6.07) is 11.6. The maximum Gasteiger partial charge on any atom is 0.265 e. The van der Waals surface area contributed by atoms with E-state index < -0.39 is 0 Å². The summed E-state index contributed by atoms with van der Waals surface area (Å²) in [5, 5.41) is 3.23. The van der Waals surface area contributed by atoms with Gasteiger partial charge in [0.1, 0.15) is 24.0 Å². The Morgan fingerprint density at radius 3 is 2.48 bits per heavy atom. The van der Waals surface area contributed by atoms with Crippen LogP contribution in [0.1, 0.15) is 22.5 Å².